The Bertz CT molecular complexity index is 490. The Kier molecular flexibility index (Phi) is 4.14. The SMILES string of the molecule is NC1C=CC(C(=O)NCc2cc(Br)ccc2F)C1. The third-order valence-electron chi connectivity index (χ3n) is 2.91. The van der Waals surface area contributed by atoms with Crippen LogP contribution in [-0.2, 0) is 11.3 Å². The van der Waals surface area contributed by atoms with Gasteiger partial charge >= 0.3 is 0 Å². The summed E-state index contributed by atoms with van der Waals surface area (Å²) in [4.78, 5) is 11.8. The lowest BCUT2D eigenvalue weighted by molar-refractivity contribution is -0.123. The van der Waals surface area contributed by atoms with Crippen LogP contribution in [-0.4, -0.2) is 11.9 Å². The number of nitrogens with two attached hydrogens (primary N) is 1. The summed E-state index contributed by atoms with van der Waals surface area (Å²) >= 11 is 3.27. The molecule has 1 amide bonds. The van der Waals surface area contributed by atoms with E-state index in [1.54, 1.807) is 18.2 Å². The number of hydrogen-bond donors (Lipinski definition) is 2. The maximum absolute atomic E-state index is 13.5. The van der Waals surface area contributed by atoms with Crippen LogP contribution in [0, 0.1) is 11.7 Å². The van der Waals surface area contributed by atoms with Crippen LogP contribution in [0.3, 0.4) is 0 Å². The Labute approximate surface area is 113 Å². The van der Waals surface area contributed by atoms with Crippen molar-refractivity contribution < 1.29 is 9.18 Å². The summed E-state index contributed by atoms with van der Waals surface area (Å²) in [6.45, 7) is 0.184. The maximum atomic E-state index is 13.5. The first-order valence-corrected chi connectivity index (χ1v) is 6.51. The smallest absolute Gasteiger partial charge is 0.227 e. The molecule has 1 aliphatic carbocycles. The maximum Gasteiger partial charge on any atom is 0.227 e. The Morgan fingerprint density at radius 2 is 2.28 bits per heavy atom. The Morgan fingerprint density at radius 1 is 1.50 bits per heavy atom. The minimum Gasteiger partial charge on any atom is -0.351 e. The van der Waals surface area contributed by atoms with Gasteiger partial charge in [0.2, 0.25) is 5.91 Å². The minimum absolute atomic E-state index is 0.0524. The van der Waals surface area contributed by atoms with Crippen LogP contribution in [0.25, 0.3) is 0 Å². The molecule has 0 aliphatic heterocycles. The van der Waals surface area contributed by atoms with Crippen molar-refractivity contribution in [2.45, 2.75) is 19.0 Å². The van der Waals surface area contributed by atoms with Crippen molar-refractivity contribution in [2.24, 2.45) is 11.7 Å². The monoisotopic (exact) mass is 312 g/mol. The van der Waals surface area contributed by atoms with E-state index in [0.29, 0.717) is 12.0 Å². The van der Waals surface area contributed by atoms with Crippen molar-refractivity contribution in [1.82, 2.24) is 5.32 Å². The number of halogens is 2. The first kappa shape index (κ1) is 13.2. The fraction of sp³-hybridized carbons (Fsp3) is 0.308. The van der Waals surface area contributed by atoms with Crippen LogP contribution in [0.15, 0.2) is 34.8 Å². The third kappa shape index (κ3) is 3.17. The highest BCUT2D eigenvalue weighted by atomic mass is 79.9. The lowest BCUT2D eigenvalue weighted by Gasteiger charge is -2.11. The van der Waals surface area contributed by atoms with Gasteiger partial charge in [-0.2, -0.15) is 0 Å². The summed E-state index contributed by atoms with van der Waals surface area (Å²) in [5, 5.41) is 2.72. The van der Waals surface area contributed by atoms with Crippen LogP contribution in [0.5, 0.6) is 0 Å². The van der Waals surface area contributed by atoms with Gasteiger partial charge in [0, 0.05) is 22.6 Å². The van der Waals surface area contributed by atoms with Crippen LogP contribution < -0.4 is 11.1 Å². The van der Waals surface area contributed by atoms with E-state index in [9.17, 15) is 9.18 Å². The molecular formula is C13H14BrFN2O. The predicted molar refractivity (Wildman–Crippen MR) is 71.2 cm³/mol. The normalized spacial score (nSPS) is 22.2. The Morgan fingerprint density at radius 3 is 2.94 bits per heavy atom. The standard InChI is InChI=1S/C13H14BrFN2O/c14-10-2-4-12(15)9(5-10)7-17-13(18)8-1-3-11(16)6-8/h1-5,8,11H,6-7,16H2,(H,17,18). The van der Waals surface area contributed by atoms with Crippen molar-refractivity contribution in [3.8, 4) is 0 Å². The molecule has 3 N–H and O–H groups in total. The molecule has 2 atom stereocenters. The van der Waals surface area contributed by atoms with Gasteiger partial charge < -0.3 is 11.1 Å². The van der Waals surface area contributed by atoms with Gasteiger partial charge in [-0.1, -0.05) is 28.1 Å². The van der Waals surface area contributed by atoms with Gasteiger partial charge in [0.15, 0.2) is 0 Å². The second kappa shape index (κ2) is 5.63. The van der Waals surface area contributed by atoms with Gasteiger partial charge in [0.25, 0.3) is 0 Å². The molecule has 1 aliphatic rings. The zero-order valence-corrected chi connectivity index (χ0v) is 11.3. The molecule has 0 heterocycles. The van der Waals surface area contributed by atoms with E-state index < -0.39 is 0 Å². The molecule has 0 fully saturated rings. The van der Waals surface area contributed by atoms with E-state index >= 15 is 0 Å². The van der Waals surface area contributed by atoms with Crippen molar-refractivity contribution in [3.63, 3.8) is 0 Å². The quantitative estimate of drug-likeness (QED) is 0.840. The molecule has 0 bridgehead atoms. The largest absolute Gasteiger partial charge is 0.351 e. The average molecular weight is 313 g/mol. The van der Waals surface area contributed by atoms with Crippen LogP contribution in [0.2, 0.25) is 0 Å². The van der Waals surface area contributed by atoms with Crippen molar-refractivity contribution >= 4 is 21.8 Å². The van der Waals surface area contributed by atoms with Gasteiger partial charge in [-0.25, -0.2) is 4.39 Å². The number of carbonyl (C=O) groups excluding carboxylic acids is 1. The van der Waals surface area contributed by atoms with E-state index in [0.717, 1.165) is 4.47 Å². The molecule has 96 valence electrons. The molecule has 0 aromatic heterocycles. The van der Waals surface area contributed by atoms with Gasteiger partial charge in [0.1, 0.15) is 5.82 Å². The highest BCUT2D eigenvalue weighted by molar-refractivity contribution is 9.10. The van der Waals surface area contributed by atoms with E-state index in [-0.39, 0.29) is 30.2 Å². The van der Waals surface area contributed by atoms with Crippen LogP contribution in [0.4, 0.5) is 4.39 Å². The molecule has 2 rings (SSSR count). The van der Waals surface area contributed by atoms with Crippen molar-refractivity contribution in [1.29, 1.82) is 0 Å². The summed E-state index contributed by atoms with van der Waals surface area (Å²) in [5.41, 5.74) is 6.14. The van der Waals surface area contributed by atoms with E-state index in [1.165, 1.54) is 6.07 Å². The summed E-state index contributed by atoms with van der Waals surface area (Å²) in [6.07, 6.45) is 4.24. The van der Waals surface area contributed by atoms with E-state index in [4.69, 9.17) is 5.73 Å². The van der Waals surface area contributed by atoms with Gasteiger partial charge in [-0.3, -0.25) is 4.79 Å². The van der Waals surface area contributed by atoms with Gasteiger partial charge in [-0.15, -0.1) is 0 Å². The second-order valence-corrected chi connectivity index (χ2v) is 5.26. The number of carbonyl (C=O) groups is 1. The topological polar surface area (TPSA) is 55.1 Å². The summed E-state index contributed by atoms with van der Waals surface area (Å²) in [6, 6.07) is 4.60. The average Bonchev–Trinajstić information content (AvgIpc) is 2.77. The number of amides is 1. The van der Waals surface area contributed by atoms with Crippen molar-refractivity contribution in [2.75, 3.05) is 0 Å². The summed E-state index contributed by atoms with van der Waals surface area (Å²) in [5.74, 6) is -0.633. The van der Waals surface area contributed by atoms with Crippen molar-refractivity contribution in [3.05, 3.63) is 46.2 Å². The van der Waals surface area contributed by atoms with E-state index in [1.807, 2.05) is 6.08 Å². The fourth-order valence-corrected chi connectivity index (χ4v) is 2.32. The van der Waals surface area contributed by atoms with Crippen LogP contribution >= 0.6 is 15.9 Å². The van der Waals surface area contributed by atoms with E-state index in [2.05, 4.69) is 21.2 Å². The zero-order chi connectivity index (χ0) is 13.1. The first-order valence-electron chi connectivity index (χ1n) is 5.72. The molecule has 0 radical (unpaired) electrons. The summed E-state index contributed by atoms with van der Waals surface area (Å²) < 4.78 is 14.2. The molecular weight excluding hydrogens is 299 g/mol. The fourth-order valence-electron chi connectivity index (χ4n) is 1.91. The number of nitrogens with one attached hydrogen (secondary N) is 1. The molecule has 1 aromatic rings. The summed E-state index contributed by atoms with van der Waals surface area (Å²) in [7, 11) is 0. The lowest BCUT2D eigenvalue weighted by Crippen LogP contribution is -2.30. The molecule has 0 saturated carbocycles. The first-order chi connectivity index (χ1) is 8.56. The molecule has 3 nitrogen and oxygen atoms in total. The van der Waals surface area contributed by atoms with Gasteiger partial charge in [0.05, 0.1) is 5.92 Å². The zero-order valence-electron chi connectivity index (χ0n) is 9.70. The minimum atomic E-state index is -0.322. The number of benzene rings is 1. The Balaban J connectivity index is 1.93. The van der Waals surface area contributed by atoms with Gasteiger partial charge in [-0.05, 0) is 24.6 Å². The molecule has 0 saturated heterocycles. The highest BCUT2D eigenvalue weighted by Gasteiger charge is 2.22. The predicted octanol–water partition coefficient (Wildman–Crippen LogP) is 2.11. The van der Waals surface area contributed by atoms with Crippen LogP contribution in [0.1, 0.15) is 12.0 Å². The third-order valence-corrected chi connectivity index (χ3v) is 3.41. The number of rotatable bonds is 3. The number of hydrogen-bond acceptors (Lipinski definition) is 2. The lowest BCUT2D eigenvalue weighted by atomic mass is 10.1. The molecule has 2 unspecified atom stereocenters. The second-order valence-electron chi connectivity index (χ2n) is 4.34. The molecule has 0 spiro atoms. The molecule has 5 heteroatoms. The molecule has 18 heavy (non-hydrogen) atoms. The highest BCUT2D eigenvalue weighted by Crippen LogP contribution is 2.18. The Hall–Kier alpha value is -1.20. The molecule has 1 aromatic carbocycles.